The van der Waals surface area contributed by atoms with E-state index in [4.69, 9.17) is 4.74 Å². The Balaban J connectivity index is 1.93. The number of anilines is 1. The Morgan fingerprint density at radius 3 is 2.59 bits per heavy atom. The van der Waals surface area contributed by atoms with E-state index in [2.05, 4.69) is 15.0 Å². The Bertz CT molecular complexity index is 676. The van der Waals surface area contributed by atoms with Crippen molar-refractivity contribution in [3.63, 3.8) is 0 Å². The maximum Gasteiger partial charge on any atom is 0.349 e. The number of carbonyl (C=O) groups excluding carboxylic acids is 2. The SMILES string of the molecule is COC(=O)c1cnc(NC(=O)COc2c(C)cccc2C)s1. The molecule has 0 atom stereocenters. The lowest BCUT2D eigenvalue weighted by molar-refractivity contribution is -0.118. The lowest BCUT2D eigenvalue weighted by Gasteiger charge is -2.11. The van der Waals surface area contributed by atoms with Crippen LogP contribution in [0.25, 0.3) is 0 Å². The van der Waals surface area contributed by atoms with Crippen LogP contribution in [0.1, 0.15) is 20.8 Å². The zero-order valence-electron chi connectivity index (χ0n) is 12.5. The third-order valence-corrected chi connectivity index (χ3v) is 3.79. The van der Waals surface area contributed by atoms with Crippen LogP contribution in [-0.4, -0.2) is 30.6 Å². The zero-order chi connectivity index (χ0) is 16.1. The number of thiazole rings is 1. The fourth-order valence-corrected chi connectivity index (χ4v) is 2.60. The van der Waals surface area contributed by atoms with Gasteiger partial charge in [-0.25, -0.2) is 9.78 Å². The fourth-order valence-electron chi connectivity index (χ4n) is 1.85. The molecule has 7 heteroatoms. The molecule has 0 spiro atoms. The molecule has 2 rings (SSSR count). The number of nitrogens with zero attached hydrogens (tertiary/aromatic N) is 1. The third-order valence-electron chi connectivity index (χ3n) is 2.89. The van der Waals surface area contributed by atoms with E-state index in [0.29, 0.717) is 15.8 Å². The summed E-state index contributed by atoms with van der Waals surface area (Å²) in [6.45, 7) is 3.71. The monoisotopic (exact) mass is 320 g/mol. The van der Waals surface area contributed by atoms with Crippen molar-refractivity contribution in [3.05, 3.63) is 40.4 Å². The van der Waals surface area contributed by atoms with Gasteiger partial charge in [-0.2, -0.15) is 0 Å². The number of benzene rings is 1. The van der Waals surface area contributed by atoms with Gasteiger partial charge in [0.25, 0.3) is 5.91 Å². The number of nitrogens with one attached hydrogen (secondary N) is 1. The van der Waals surface area contributed by atoms with Crippen LogP contribution >= 0.6 is 11.3 Å². The molecule has 22 heavy (non-hydrogen) atoms. The van der Waals surface area contributed by atoms with E-state index in [-0.39, 0.29) is 12.5 Å². The van der Waals surface area contributed by atoms with Gasteiger partial charge >= 0.3 is 5.97 Å². The predicted octanol–water partition coefficient (Wildman–Crippen LogP) is 2.56. The first kappa shape index (κ1) is 16.0. The van der Waals surface area contributed by atoms with E-state index in [1.54, 1.807) is 0 Å². The molecule has 116 valence electrons. The quantitative estimate of drug-likeness (QED) is 0.857. The normalized spacial score (nSPS) is 10.1. The number of ether oxygens (including phenoxy) is 2. The molecule has 0 saturated carbocycles. The highest BCUT2D eigenvalue weighted by Crippen LogP contribution is 2.22. The highest BCUT2D eigenvalue weighted by atomic mass is 32.1. The Hall–Kier alpha value is -2.41. The number of aryl methyl sites for hydroxylation is 2. The fraction of sp³-hybridized carbons (Fsp3) is 0.267. The number of esters is 1. The van der Waals surface area contributed by atoms with Crippen molar-refractivity contribution < 1.29 is 19.1 Å². The number of amides is 1. The van der Waals surface area contributed by atoms with E-state index in [0.717, 1.165) is 22.5 Å². The molecule has 1 aromatic carbocycles. The van der Waals surface area contributed by atoms with Gasteiger partial charge in [-0.1, -0.05) is 29.5 Å². The second-order valence-electron chi connectivity index (χ2n) is 4.58. The molecule has 0 radical (unpaired) electrons. The first-order chi connectivity index (χ1) is 10.5. The third kappa shape index (κ3) is 3.82. The number of hydrogen-bond acceptors (Lipinski definition) is 6. The summed E-state index contributed by atoms with van der Waals surface area (Å²) in [5.41, 5.74) is 1.94. The van der Waals surface area contributed by atoms with Gasteiger partial charge in [0.2, 0.25) is 0 Å². The maximum absolute atomic E-state index is 11.9. The van der Waals surface area contributed by atoms with Crippen LogP contribution in [0.5, 0.6) is 5.75 Å². The van der Waals surface area contributed by atoms with Crippen molar-refractivity contribution in [2.75, 3.05) is 19.0 Å². The van der Waals surface area contributed by atoms with Gasteiger partial charge in [0.05, 0.1) is 13.3 Å². The number of aromatic nitrogens is 1. The molecule has 0 aliphatic heterocycles. The first-order valence-electron chi connectivity index (χ1n) is 6.54. The minimum absolute atomic E-state index is 0.126. The molecule has 0 bridgehead atoms. The summed E-state index contributed by atoms with van der Waals surface area (Å²) in [5, 5.41) is 2.92. The van der Waals surface area contributed by atoms with Crippen molar-refractivity contribution in [2.45, 2.75) is 13.8 Å². The lowest BCUT2D eigenvalue weighted by atomic mass is 10.1. The van der Waals surface area contributed by atoms with Crippen LogP contribution in [-0.2, 0) is 9.53 Å². The summed E-state index contributed by atoms with van der Waals surface area (Å²) < 4.78 is 10.1. The van der Waals surface area contributed by atoms with Crippen LogP contribution in [0, 0.1) is 13.8 Å². The molecule has 1 aromatic heterocycles. The second-order valence-corrected chi connectivity index (χ2v) is 5.61. The van der Waals surface area contributed by atoms with Crippen LogP contribution in [0.2, 0.25) is 0 Å². The molecule has 1 heterocycles. The smallest absolute Gasteiger partial charge is 0.349 e. The standard InChI is InChI=1S/C15H16N2O4S/c1-9-5-4-6-10(2)13(9)21-8-12(18)17-15-16-7-11(22-15)14(19)20-3/h4-7H,8H2,1-3H3,(H,16,17,18). The van der Waals surface area contributed by atoms with Crippen molar-refractivity contribution in [1.29, 1.82) is 0 Å². The second kappa shape index (κ2) is 7.04. The Morgan fingerprint density at radius 2 is 1.95 bits per heavy atom. The Kier molecular flexibility index (Phi) is 5.11. The molecule has 0 aliphatic rings. The van der Waals surface area contributed by atoms with E-state index in [1.165, 1.54) is 13.3 Å². The molecule has 0 saturated heterocycles. The first-order valence-corrected chi connectivity index (χ1v) is 7.36. The van der Waals surface area contributed by atoms with Crippen molar-refractivity contribution in [3.8, 4) is 5.75 Å². The summed E-state index contributed by atoms with van der Waals surface area (Å²) in [4.78, 5) is 27.5. The van der Waals surface area contributed by atoms with Crippen LogP contribution < -0.4 is 10.1 Å². The number of hydrogen-bond donors (Lipinski definition) is 1. The van der Waals surface area contributed by atoms with Crippen LogP contribution in [0.4, 0.5) is 5.13 Å². The zero-order valence-corrected chi connectivity index (χ0v) is 13.3. The Morgan fingerprint density at radius 1 is 1.27 bits per heavy atom. The van der Waals surface area contributed by atoms with Crippen molar-refractivity contribution >= 4 is 28.3 Å². The van der Waals surface area contributed by atoms with Crippen molar-refractivity contribution in [2.24, 2.45) is 0 Å². The number of carbonyl (C=O) groups is 2. The average Bonchev–Trinajstić information content (AvgIpc) is 2.94. The van der Waals surface area contributed by atoms with E-state index in [1.807, 2.05) is 32.0 Å². The topological polar surface area (TPSA) is 77.5 Å². The minimum atomic E-state index is -0.482. The Labute approximate surface area is 132 Å². The van der Waals surface area contributed by atoms with Crippen LogP contribution in [0.3, 0.4) is 0 Å². The molecule has 1 amide bonds. The molecule has 6 nitrogen and oxygen atoms in total. The van der Waals surface area contributed by atoms with Gasteiger partial charge < -0.3 is 9.47 Å². The molecular formula is C15H16N2O4S. The number of para-hydroxylation sites is 1. The van der Waals surface area contributed by atoms with E-state index in [9.17, 15) is 9.59 Å². The molecule has 2 aromatic rings. The molecule has 0 unspecified atom stereocenters. The van der Waals surface area contributed by atoms with Crippen molar-refractivity contribution in [1.82, 2.24) is 4.98 Å². The average molecular weight is 320 g/mol. The summed E-state index contributed by atoms with van der Waals surface area (Å²) in [6, 6.07) is 5.77. The number of methoxy groups -OCH3 is 1. The molecule has 1 N–H and O–H groups in total. The summed E-state index contributed by atoms with van der Waals surface area (Å²) >= 11 is 1.05. The van der Waals surface area contributed by atoms with Gasteiger partial charge in [0, 0.05) is 0 Å². The maximum atomic E-state index is 11.9. The highest BCUT2D eigenvalue weighted by Gasteiger charge is 2.13. The molecule has 0 aliphatic carbocycles. The summed E-state index contributed by atoms with van der Waals surface area (Å²) in [7, 11) is 1.29. The highest BCUT2D eigenvalue weighted by molar-refractivity contribution is 7.17. The minimum Gasteiger partial charge on any atom is -0.483 e. The van der Waals surface area contributed by atoms with Gasteiger partial charge in [-0.15, -0.1) is 0 Å². The molecule has 0 fully saturated rings. The van der Waals surface area contributed by atoms with E-state index < -0.39 is 5.97 Å². The van der Waals surface area contributed by atoms with Crippen LogP contribution in [0.15, 0.2) is 24.4 Å². The number of rotatable bonds is 5. The lowest BCUT2D eigenvalue weighted by Crippen LogP contribution is -2.20. The largest absolute Gasteiger partial charge is 0.483 e. The molecular weight excluding hydrogens is 304 g/mol. The van der Waals surface area contributed by atoms with Gasteiger partial charge in [0.15, 0.2) is 11.7 Å². The predicted molar refractivity (Wildman–Crippen MR) is 83.5 cm³/mol. The van der Waals surface area contributed by atoms with Gasteiger partial charge in [0.1, 0.15) is 10.6 Å². The summed E-state index contributed by atoms with van der Waals surface area (Å²) in [6.07, 6.45) is 1.36. The summed E-state index contributed by atoms with van der Waals surface area (Å²) in [5.74, 6) is -0.120. The van der Waals surface area contributed by atoms with Gasteiger partial charge in [-0.3, -0.25) is 10.1 Å². The van der Waals surface area contributed by atoms with E-state index >= 15 is 0 Å². The van der Waals surface area contributed by atoms with Gasteiger partial charge in [-0.05, 0) is 25.0 Å².